The Kier molecular flexibility index (Phi) is 9.68. The van der Waals surface area contributed by atoms with E-state index in [1.54, 1.807) is 0 Å². The topological polar surface area (TPSA) is 0 Å². The molecule has 0 bridgehead atoms. The Morgan fingerprint density at radius 1 is 0.550 bits per heavy atom. The van der Waals surface area contributed by atoms with E-state index in [1.165, 1.54) is 35.9 Å². The van der Waals surface area contributed by atoms with E-state index in [9.17, 15) is 0 Å². The minimum atomic E-state index is 0.0806. The van der Waals surface area contributed by atoms with Crippen molar-refractivity contribution in [1.29, 1.82) is 0 Å². The summed E-state index contributed by atoms with van der Waals surface area (Å²) in [6.07, 6.45) is 2.94. The largest absolute Gasteiger partial charge is 0.122 e. The number of hydrogen-bond acceptors (Lipinski definition) is 4. The van der Waals surface area contributed by atoms with Crippen molar-refractivity contribution in [3.8, 4) is 0 Å². The second kappa shape index (κ2) is 9.53. The lowest BCUT2D eigenvalue weighted by molar-refractivity contribution is 0.799. The molecule has 0 unspecified atom stereocenters. The van der Waals surface area contributed by atoms with Gasteiger partial charge in [0.15, 0.2) is 0 Å². The van der Waals surface area contributed by atoms with Gasteiger partial charge in [0.25, 0.3) is 0 Å². The van der Waals surface area contributed by atoms with Crippen LogP contribution in [0, 0.1) is 0 Å². The molecule has 120 valence electrons. The molecule has 0 N–H and O–H groups in total. The zero-order chi connectivity index (χ0) is 15.2. The van der Waals surface area contributed by atoms with Crippen molar-refractivity contribution in [3.05, 3.63) is 0 Å². The van der Waals surface area contributed by atoms with Gasteiger partial charge in [-0.15, -0.1) is 45.5 Å². The van der Waals surface area contributed by atoms with Crippen molar-refractivity contribution in [3.63, 3.8) is 0 Å². The third-order valence-electron chi connectivity index (χ3n) is 2.51. The van der Waals surface area contributed by atoms with Crippen LogP contribution in [0.3, 0.4) is 0 Å². The number of rotatable bonds is 0. The summed E-state index contributed by atoms with van der Waals surface area (Å²) in [5.41, 5.74) is 0. The Morgan fingerprint density at radius 2 is 0.800 bits per heavy atom. The summed E-state index contributed by atoms with van der Waals surface area (Å²) in [6.45, 7) is 14.5. The van der Waals surface area contributed by atoms with E-state index in [4.69, 9.17) is 0 Å². The Balaban J connectivity index is 2.51. The highest BCUT2D eigenvalue weighted by atomic mass is 33.1. The number of hydrogen-bond donors (Lipinski definition) is 0. The maximum atomic E-state index is 2.42. The zero-order valence-electron chi connectivity index (χ0n) is 13.8. The standard InChI is InChI=1S/C14H30P2S4/c1-13(2,3)15-17-9-7-11-19-16(14(4,5)6)20-12-8-10-18-15/h7-12H2,1-6H3. The molecule has 0 aromatic carbocycles. The van der Waals surface area contributed by atoms with Crippen LogP contribution in [-0.4, -0.2) is 33.3 Å². The highest BCUT2D eigenvalue weighted by Crippen LogP contribution is 2.71. The molecule has 1 saturated heterocycles. The first-order valence-electron chi connectivity index (χ1n) is 7.33. The van der Waals surface area contributed by atoms with E-state index in [0.717, 1.165) is 0 Å². The van der Waals surface area contributed by atoms with Crippen molar-refractivity contribution in [1.82, 2.24) is 0 Å². The summed E-state index contributed by atoms with van der Waals surface area (Å²) in [4.78, 5) is 0. The Labute approximate surface area is 145 Å². The molecule has 1 fully saturated rings. The van der Waals surface area contributed by atoms with Crippen LogP contribution in [0.2, 0.25) is 0 Å². The van der Waals surface area contributed by atoms with Gasteiger partial charge in [-0.05, 0) is 35.9 Å². The lowest BCUT2D eigenvalue weighted by atomic mass is 10.3. The Hall–Kier alpha value is 2.26. The van der Waals surface area contributed by atoms with Crippen molar-refractivity contribution in [2.24, 2.45) is 0 Å². The van der Waals surface area contributed by atoms with Crippen molar-refractivity contribution < 1.29 is 0 Å². The van der Waals surface area contributed by atoms with Crippen molar-refractivity contribution in [2.45, 2.75) is 64.7 Å². The van der Waals surface area contributed by atoms with Crippen LogP contribution in [0.15, 0.2) is 0 Å². The zero-order valence-corrected chi connectivity index (χ0v) is 18.8. The molecule has 1 heterocycles. The van der Waals surface area contributed by atoms with E-state index in [2.05, 4.69) is 87.1 Å². The maximum absolute atomic E-state index is 2.42. The highest BCUT2D eigenvalue weighted by Gasteiger charge is 2.27. The highest BCUT2D eigenvalue weighted by molar-refractivity contribution is 8.89. The third kappa shape index (κ3) is 8.21. The first-order valence-corrected chi connectivity index (χ1v) is 16.4. The quantitative estimate of drug-likeness (QED) is 0.386. The lowest BCUT2D eigenvalue weighted by Gasteiger charge is -2.32. The van der Waals surface area contributed by atoms with E-state index < -0.39 is 0 Å². The summed E-state index contributed by atoms with van der Waals surface area (Å²) >= 11 is 9.07. The summed E-state index contributed by atoms with van der Waals surface area (Å²) in [6, 6.07) is 0. The summed E-state index contributed by atoms with van der Waals surface area (Å²) in [5.74, 6) is 5.45. The first-order chi connectivity index (χ1) is 9.21. The Bertz CT molecular complexity index is 233. The monoisotopic (exact) mass is 388 g/mol. The molecule has 1 aliphatic heterocycles. The predicted molar refractivity (Wildman–Crippen MR) is 112 cm³/mol. The van der Waals surface area contributed by atoms with E-state index in [1.807, 2.05) is 0 Å². The van der Waals surface area contributed by atoms with Gasteiger partial charge >= 0.3 is 0 Å². The first kappa shape index (κ1) is 20.3. The predicted octanol–water partition coefficient (Wildman–Crippen LogP) is 7.93. The van der Waals surface area contributed by atoms with Gasteiger partial charge in [0.1, 0.15) is 0 Å². The summed E-state index contributed by atoms with van der Waals surface area (Å²) in [5, 5.41) is 0.986. The summed E-state index contributed by atoms with van der Waals surface area (Å²) in [7, 11) is 0. The molecule has 0 atom stereocenters. The van der Waals surface area contributed by atoms with Crippen LogP contribution < -0.4 is 0 Å². The van der Waals surface area contributed by atoms with Gasteiger partial charge in [0.2, 0.25) is 0 Å². The molecule has 0 nitrogen and oxygen atoms in total. The van der Waals surface area contributed by atoms with Gasteiger partial charge in [0, 0.05) is 23.0 Å². The molecular weight excluding hydrogens is 358 g/mol. The van der Waals surface area contributed by atoms with Crippen LogP contribution in [0.5, 0.6) is 0 Å². The molecule has 0 spiro atoms. The fraction of sp³-hybridized carbons (Fsp3) is 1.00. The fourth-order valence-electron chi connectivity index (χ4n) is 1.56. The lowest BCUT2D eigenvalue weighted by Crippen LogP contribution is -2.09. The molecule has 0 saturated carbocycles. The molecule has 1 rings (SSSR count). The minimum absolute atomic E-state index is 0.0806. The van der Waals surface area contributed by atoms with E-state index in [-0.39, 0.29) is 12.7 Å². The van der Waals surface area contributed by atoms with E-state index >= 15 is 0 Å². The van der Waals surface area contributed by atoms with Crippen LogP contribution in [0.25, 0.3) is 0 Å². The van der Waals surface area contributed by atoms with Crippen molar-refractivity contribution in [2.75, 3.05) is 23.0 Å². The van der Waals surface area contributed by atoms with Crippen molar-refractivity contribution >= 4 is 58.2 Å². The molecule has 20 heavy (non-hydrogen) atoms. The van der Waals surface area contributed by atoms with Gasteiger partial charge < -0.3 is 0 Å². The van der Waals surface area contributed by atoms with Gasteiger partial charge in [-0.3, -0.25) is 0 Å². The molecule has 0 aromatic heterocycles. The Morgan fingerprint density at radius 3 is 1.00 bits per heavy atom. The fourth-order valence-corrected chi connectivity index (χ4v) is 18.0. The van der Waals surface area contributed by atoms with Crippen LogP contribution in [0.1, 0.15) is 54.4 Å². The van der Waals surface area contributed by atoms with Crippen LogP contribution in [0.4, 0.5) is 0 Å². The molecule has 1 aliphatic rings. The van der Waals surface area contributed by atoms with Gasteiger partial charge in [-0.1, -0.05) is 41.5 Å². The van der Waals surface area contributed by atoms with Gasteiger partial charge in [-0.2, -0.15) is 0 Å². The average Bonchev–Trinajstić information content (AvgIpc) is 2.26. The third-order valence-corrected chi connectivity index (χ3v) is 22.9. The smallest absolute Gasteiger partial charge is 0.0177 e. The molecule has 6 heteroatoms. The summed E-state index contributed by atoms with van der Waals surface area (Å²) < 4.78 is 0. The molecule has 0 aliphatic carbocycles. The average molecular weight is 389 g/mol. The van der Waals surface area contributed by atoms with Crippen LogP contribution in [-0.2, 0) is 0 Å². The minimum Gasteiger partial charge on any atom is -0.122 e. The second-order valence-corrected chi connectivity index (χ2v) is 22.1. The SMILES string of the molecule is CC(C)(C)P1SCCCSP(C(C)(C)C)SCCCS1. The molecule has 0 aromatic rings. The van der Waals surface area contributed by atoms with E-state index in [0.29, 0.717) is 10.3 Å². The maximum Gasteiger partial charge on any atom is 0.0177 e. The second-order valence-electron chi connectivity index (χ2n) is 6.90. The van der Waals surface area contributed by atoms with Crippen LogP contribution >= 0.6 is 58.2 Å². The normalized spacial score (nSPS) is 28.5. The van der Waals surface area contributed by atoms with Gasteiger partial charge in [-0.25, -0.2) is 0 Å². The molecular formula is C14H30P2S4. The molecule has 0 amide bonds. The van der Waals surface area contributed by atoms with Gasteiger partial charge in [0.05, 0.1) is 0 Å². The molecule has 0 radical (unpaired) electrons.